The SMILES string of the molecule is COCCN(c1ccc(CC(C)N)c(Br)c1)C1CC1. The number of hydrogen-bond acceptors (Lipinski definition) is 3. The van der Waals surface area contributed by atoms with Crippen LogP contribution in [0.2, 0.25) is 0 Å². The summed E-state index contributed by atoms with van der Waals surface area (Å²) in [6.07, 6.45) is 3.49. The Kier molecular flexibility index (Phi) is 5.25. The zero-order chi connectivity index (χ0) is 13.8. The molecule has 3 nitrogen and oxygen atoms in total. The molecule has 2 rings (SSSR count). The first-order chi connectivity index (χ1) is 9.11. The fraction of sp³-hybridized carbons (Fsp3) is 0.600. The van der Waals surface area contributed by atoms with Gasteiger partial charge in [0.15, 0.2) is 0 Å². The molecule has 0 heterocycles. The molecule has 19 heavy (non-hydrogen) atoms. The maximum Gasteiger partial charge on any atom is 0.0637 e. The molecule has 2 N–H and O–H groups in total. The molecule has 0 aliphatic heterocycles. The van der Waals surface area contributed by atoms with Crippen LogP contribution in [0.1, 0.15) is 25.3 Å². The molecular formula is C15H23BrN2O. The van der Waals surface area contributed by atoms with Crippen molar-refractivity contribution in [3.05, 3.63) is 28.2 Å². The van der Waals surface area contributed by atoms with E-state index >= 15 is 0 Å². The summed E-state index contributed by atoms with van der Waals surface area (Å²) in [6.45, 7) is 3.77. The van der Waals surface area contributed by atoms with Crippen molar-refractivity contribution in [3.63, 3.8) is 0 Å². The lowest BCUT2D eigenvalue weighted by atomic mass is 10.1. The predicted octanol–water partition coefficient (Wildman–Crippen LogP) is 2.95. The quantitative estimate of drug-likeness (QED) is 0.837. The molecule has 0 bridgehead atoms. The van der Waals surface area contributed by atoms with Crippen molar-refractivity contribution >= 4 is 21.6 Å². The molecular weight excluding hydrogens is 304 g/mol. The van der Waals surface area contributed by atoms with Gasteiger partial charge in [-0.25, -0.2) is 0 Å². The molecule has 0 aromatic heterocycles. The monoisotopic (exact) mass is 326 g/mol. The Bertz CT molecular complexity index is 419. The topological polar surface area (TPSA) is 38.5 Å². The smallest absolute Gasteiger partial charge is 0.0637 e. The van der Waals surface area contributed by atoms with Crippen molar-refractivity contribution in [2.75, 3.05) is 25.2 Å². The van der Waals surface area contributed by atoms with Crippen molar-refractivity contribution in [1.82, 2.24) is 0 Å². The number of halogens is 1. The van der Waals surface area contributed by atoms with E-state index < -0.39 is 0 Å². The molecule has 1 unspecified atom stereocenters. The number of benzene rings is 1. The van der Waals surface area contributed by atoms with Crippen LogP contribution < -0.4 is 10.6 Å². The van der Waals surface area contributed by atoms with E-state index in [0.717, 1.165) is 24.0 Å². The molecule has 1 saturated carbocycles. The minimum absolute atomic E-state index is 0.190. The van der Waals surface area contributed by atoms with Crippen molar-refractivity contribution in [1.29, 1.82) is 0 Å². The third-order valence-electron chi connectivity index (χ3n) is 3.43. The van der Waals surface area contributed by atoms with Crippen LogP contribution in [-0.4, -0.2) is 32.3 Å². The highest BCUT2D eigenvalue weighted by atomic mass is 79.9. The van der Waals surface area contributed by atoms with Crippen LogP contribution in [0.5, 0.6) is 0 Å². The Hall–Kier alpha value is -0.580. The van der Waals surface area contributed by atoms with Gasteiger partial charge in [-0.05, 0) is 43.9 Å². The highest BCUT2D eigenvalue weighted by Crippen LogP contribution is 2.33. The summed E-state index contributed by atoms with van der Waals surface area (Å²) in [4.78, 5) is 2.45. The molecule has 1 aromatic rings. The highest BCUT2D eigenvalue weighted by molar-refractivity contribution is 9.10. The number of nitrogens with two attached hydrogens (primary N) is 1. The van der Waals surface area contributed by atoms with E-state index in [0.29, 0.717) is 6.04 Å². The summed E-state index contributed by atoms with van der Waals surface area (Å²) in [7, 11) is 1.76. The van der Waals surface area contributed by atoms with Crippen molar-refractivity contribution in [2.24, 2.45) is 5.73 Å². The van der Waals surface area contributed by atoms with E-state index in [2.05, 4.69) is 39.0 Å². The number of anilines is 1. The van der Waals surface area contributed by atoms with Gasteiger partial charge in [0.05, 0.1) is 6.61 Å². The second-order valence-electron chi connectivity index (χ2n) is 5.37. The number of ether oxygens (including phenoxy) is 1. The van der Waals surface area contributed by atoms with Gasteiger partial charge in [0, 0.05) is 35.9 Å². The second-order valence-corrected chi connectivity index (χ2v) is 6.23. The second kappa shape index (κ2) is 6.73. The van der Waals surface area contributed by atoms with Crippen LogP contribution in [0.15, 0.2) is 22.7 Å². The number of methoxy groups -OCH3 is 1. The van der Waals surface area contributed by atoms with E-state index in [4.69, 9.17) is 10.5 Å². The number of rotatable bonds is 7. The first kappa shape index (κ1) is 14.8. The fourth-order valence-corrected chi connectivity index (χ4v) is 2.85. The van der Waals surface area contributed by atoms with E-state index in [1.165, 1.54) is 24.1 Å². The molecule has 1 atom stereocenters. The van der Waals surface area contributed by atoms with E-state index in [1.54, 1.807) is 7.11 Å². The Morgan fingerprint density at radius 1 is 1.47 bits per heavy atom. The third kappa shape index (κ3) is 4.20. The number of hydrogen-bond donors (Lipinski definition) is 1. The van der Waals surface area contributed by atoms with Crippen molar-refractivity contribution in [2.45, 2.75) is 38.3 Å². The summed E-state index contributed by atoms with van der Waals surface area (Å²) in [6, 6.07) is 7.49. The van der Waals surface area contributed by atoms with Gasteiger partial charge in [-0.1, -0.05) is 22.0 Å². The van der Waals surface area contributed by atoms with E-state index in [9.17, 15) is 0 Å². The summed E-state index contributed by atoms with van der Waals surface area (Å²) in [5.74, 6) is 0. The van der Waals surface area contributed by atoms with Crippen LogP contribution in [0.4, 0.5) is 5.69 Å². The van der Waals surface area contributed by atoms with Gasteiger partial charge < -0.3 is 15.4 Å². The van der Waals surface area contributed by atoms with Gasteiger partial charge in [0.25, 0.3) is 0 Å². The van der Waals surface area contributed by atoms with Crippen LogP contribution in [0, 0.1) is 0 Å². The van der Waals surface area contributed by atoms with Gasteiger partial charge in [-0.3, -0.25) is 0 Å². The molecule has 4 heteroatoms. The van der Waals surface area contributed by atoms with Gasteiger partial charge in [-0.15, -0.1) is 0 Å². The Morgan fingerprint density at radius 2 is 2.21 bits per heavy atom. The van der Waals surface area contributed by atoms with Crippen LogP contribution in [0.25, 0.3) is 0 Å². The molecule has 1 aromatic carbocycles. The van der Waals surface area contributed by atoms with Crippen LogP contribution in [-0.2, 0) is 11.2 Å². The summed E-state index contributed by atoms with van der Waals surface area (Å²) >= 11 is 3.67. The van der Waals surface area contributed by atoms with Gasteiger partial charge >= 0.3 is 0 Å². The molecule has 0 amide bonds. The summed E-state index contributed by atoms with van der Waals surface area (Å²) in [5.41, 5.74) is 8.42. The average molecular weight is 327 g/mol. The van der Waals surface area contributed by atoms with E-state index in [1.807, 2.05) is 6.92 Å². The van der Waals surface area contributed by atoms with Crippen LogP contribution in [0.3, 0.4) is 0 Å². The molecule has 1 aliphatic carbocycles. The van der Waals surface area contributed by atoms with Crippen LogP contribution >= 0.6 is 15.9 Å². The minimum atomic E-state index is 0.190. The van der Waals surface area contributed by atoms with Gasteiger partial charge in [-0.2, -0.15) is 0 Å². The molecule has 1 fully saturated rings. The first-order valence-corrected chi connectivity index (χ1v) is 7.70. The Morgan fingerprint density at radius 3 is 2.74 bits per heavy atom. The fourth-order valence-electron chi connectivity index (χ4n) is 2.33. The predicted molar refractivity (Wildman–Crippen MR) is 83.7 cm³/mol. The zero-order valence-corrected chi connectivity index (χ0v) is 13.3. The minimum Gasteiger partial charge on any atom is -0.383 e. The first-order valence-electron chi connectivity index (χ1n) is 6.91. The molecule has 0 spiro atoms. The largest absolute Gasteiger partial charge is 0.383 e. The van der Waals surface area contributed by atoms with Gasteiger partial charge in [0.2, 0.25) is 0 Å². The summed E-state index contributed by atoms with van der Waals surface area (Å²) < 4.78 is 6.37. The normalized spacial score (nSPS) is 16.4. The summed E-state index contributed by atoms with van der Waals surface area (Å²) in [5, 5.41) is 0. The van der Waals surface area contributed by atoms with E-state index in [-0.39, 0.29) is 6.04 Å². The zero-order valence-electron chi connectivity index (χ0n) is 11.7. The highest BCUT2D eigenvalue weighted by Gasteiger charge is 2.29. The Balaban J connectivity index is 2.12. The third-order valence-corrected chi connectivity index (χ3v) is 4.17. The molecule has 1 aliphatic rings. The molecule has 0 saturated heterocycles. The van der Waals surface area contributed by atoms with Crippen molar-refractivity contribution in [3.8, 4) is 0 Å². The molecule has 106 valence electrons. The molecule has 0 radical (unpaired) electrons. The lowest BCUT2D eigenvalue weighted by Crippen LogP contribution is -2.29. The van der Waals surface area contributed by atoms with Gasteiger partial charge in [0.1, 0.15) is 0 Å². The lowest BCUT2D eigenvalue weighted by molar-refractivity contribution is 0.205. The maximum atomic E-state index is 5.87. The average Bonchev–Trinajstić information content (AvgIpc) is 3.17. The number of nitrogens with zero attached hydrogens (tertiary/aromatic N) is 1. The lowest BCUT2D eigenvalue weighted by Gasteiger charge is -2.25. The Labute approximate surface area is 124 Å². The standard InChI is InChI=1S/C15H23BrN2O/c1-11(17)9-12-3-4-14(10-15(12)16)18(7-8-19-2)13-5-6-13/h3-4,10-11,13H,5-9,17H2,1-2H3. The van der Waals surface area contributed by atoms with Crippen molar-refractivity contribution < 1.29 is 4.74 Å². The maximum absolute atomic E-state index is 5.87.